The Morgan fingerprint density at radius 3 is 2.73 bits per heavy atom. The van der Waals surface area contributed by atoms with Crippen molar-refractivity contribution in [1.29, 1.82) is 5.26 Å². The number of nitriles is 1. The Kier molecular flexibility index (Phi) is 3.43. The first-order chi connectivity index (χ1) is 10.6. The Morgan fingerprint density at radius 2 is 2.05 bits per heavy atom. The van der Waals surface area contributed by atoms with Crippen molar-refractivity contribution in [3.05, 3.63) is 75.2 Å². The first kappa shape index (κ1) is 14.0. The van der Waals surface area contributed by atoms with Crippen LogP contribution in [0.3, 0.4) is 0 Å². The highest BCUT2D eigenvalue weighted by Crippen LogP contribution is 2.38. The first-order valence-corrected chi connectivity index (χ1v) is 6.86. The summed E-state index contributed by atoms with van der Waals surface area (Å²) in [7, 11) is 0. The van der Waals surface area contributed by atoms with Crippen molar-refractivity contribution in [3.63, 3.8) is 0 Å². The van der Waals surface area contributed by atoms with Crippen LogP contribution in [-0.2, 0) is 6.42 Å². The van der Waals surface area contributed by atoms with Crippen molar-refractivity contribution in [1.82, 2.24) is 0 Å². The predicted molar refractivity (Wildman–Crippen MR) is 80.1 cm³/mol. The number of fused-ring (bicyclic) bond motifs is 1. The Morgan fingerprint density at radius 1 is 1.32 bits per heavy atom. The second-order valence-corrected chi connectivity index (χ2v) is 5.16. The number of nitrogens with two attached hydrogens (primary N) is 1. The molecule has 5 heteroatoms. The van der Waals surface area contributed by atoms with Crippen molar-refractivity contribution < 1.29 is 9.15 Å². The minimum atomic E-state index is -0.490. The third-order valence-corrected chi connectivity index (χ3v) is 3.66. The maximum Gasteiger partial charge on any atom is 0.343 e. The van der Waals surface area contributed by atoms with Gasteiger partial charge in [0.05, 0.1) is 11.1 Å². The Bertz CT molecular complexity index is 844. The maximum atomic E-state index is 12.2. The number of hydrogen-bond donors (Lipinski definition) is 1. The molecule has 110 valence electrons. The molecule has 0 unspecified atom stereocenters. The monoisotopic (exact) mass is 294 g/mol. The molecule has 1 aromatic heterocycles. The van der Waals surface area contributed by atoms with Gasteiger partial charge in [-0.2, -0.15) is 5.26 Å². The molecule has 0 aliphatic carbocycles. The van der Waals surface area contributed by atoms with Gasteiger partial charge >= 0.3 is 5.63 Å². The number of nitrogens with zero attached hydrogens (tertiary/aromatic N) is 1. The van der Waals surface area contributed by atoms with E-state index in [2.05, 4.69) is 6.07 Å². The van der Waals surface area contributed by atoms with E-state index in [0.717, 1.165) is 5.56 Å². The summed E-state index contributed by atoms with van der Waals surface area (Å²) in [5.41, 5.74) is 6.97. The van der Waals surface area contributed by atoms with Crippen LogP contribution in [0, 0.1) is 18.3 Å². The highest BCUT2D eigenvalue weighted by Gasteiger charge is 2.32. The van der Waals surface area contributed by atoms with E-state index in [-0.39, 0.29) is 11.5 Å². The topological polar surface area (TPSA) is 89.2 Å². The zero-order valence-electron chi connectivity index (χ0n) is 12.0. The SMILES string of the molecule is Cc1cc2c(c(=O)o1)[C@H](Cc1ccccc1)C(C#N)=C(N)O2. The lowest BCUT2D eigenvalue weighted by molar-refractivity contribution is 0.365. The van der Waals surface area contributed by atoms with Crippen molar-refractivity contribution in [3.8, 4) is 11.8 Å². The average molecular weight is 294 g/mol. The van der Waals surface area contributed by atoms with Gasteiger partial charge in [0.15, 0.2) is 0 Å². The molecule has 0 radical (unpaired) electrons. The molecule has 5 nitrogen and oxygen atoms in total. The van der Waals surface area contributed by atoms with Crippen LogP contribution in [0.15, 0.2) is 57.1 Å². The van der Waals surface area contributed by atoms with Gasteiger partial charge in [0.1, 0.15) is 17.6 Å². The molecule has 22 heavy (non-hydrogen) atoms. The van der Waals surface area contributed by atoms with Crippen LogP contribution in [-0.4, -0.2) is 0 Å². The fourth-order valence-electron chi connectivity index (χ4n) is 2.67. The summed E-state index contributed by atoms with van der Waals surface area (Å²) in [5.74, 6) is 0.385. The van der Waals surface area contributed by atoms with Gasteiger partial charge in [0.25, 0.3) is 0 Å². The Hall–Kier alpha value is -3.00. The van der Waals surface area contributed by atoms with E-state index in [4.69, 9.17) is 14.9 Å². The minimum absolute atomic E-state index is 0.0425. The normalized spacial score (nSPS) is 16.6. The van der Waals surface area contributed by atoms with E-state index in [9.17, 15) is 10.1 Å². The minimum Gasteiger partial charge on any atom is -0.440 e. The van der Waals surface area contributed by atoms with Crippen LogP contribution in [0.4, 0.5) is 0 Å². The summed E-state index contributed by atoms with van der Waals surface area (Å²) in [5, 5.41) is 9.38. The molecule has 0 amide bonds. The van der Waals surface area contributed by atoms with Crippen molar-refractivity contribution in [2.45, 2.75) is 19.3 Å². The molecule has 0 bridgehead atoms. The molecule has 2 aromatic rings. The summed E-state index contributed by atoms with van der Waals surface area (Å²) < 4.78 is 10.6. The largest absolute Gasteiger partial charge is 0.440 e. The van der Waals surface area contributed by atoms with Gasteiger partial charge in [-0.15, -0.1) is 0 Å². The number of rotatable bonds is 2. The van der Waals surface area contributed by atoms with Crippen LogP contribution in [0.1, 0.15) is 22.8 Å². The molecule has 2 N–H and O–H groups in total. The summed E-state index contributed by atoms with van der Waals surface area (Å²) in [6.07, 6.45) is 0.481. The van der Waals surface area contributed by atoms with Gasteiger partial charge in [-0.25, -0.2) is 4.79 Å². The summed E-state index contributed by atoms with van der Waals surface area (Å²) in [4.78, 5) is 12.2. The third-order valence-electron chi connectivity index (χ3n) is 3.66. The van der Waals surface area contributed by atoms with E-state index in [1.807, 2.05) is 30.3 Å². The fourth-order valence-corrected chi connectivity index (χ4v) is 2.67. The molecular weight excluding hydrogens is 280 g/mol. The molecule has 0 fully saturated rings. The van der Waals surface area contributed by atoms with E-state index in [1.54, 1.807) is 13.0 Å². The second-order valence-electron chi connectivity index (χ2n) is 5.16. The number of aryl methyl sites for hydroxylation is 1. The summed E-state index contributed by atoms with van der Waals surface area (Å²) in [6.45, 7) is 1.66. The van der Waals surface area contributed by atoms with Crippen LogP contribution in [0.25, 0.3) is 0 Å². The van der Waals surface area contributed by atoms with Gasteiger partial charge in [-0.05, 0) is 18.9 Å². The molecule has 1 aliphatic rings. The van der Waals surface area contributed by atoms with E-state index in [1.165, 1.54) is 0 Å². The van der Waals surface area contributed by atoms with Crippen molar-refractivity contribution in [2.75, 3.05) is 0 Å². The van der Waals surface area contributed by atoms with Gasteiger partial charge in [0, 0.05) is 12.0 Å². The van der Waals surface area contributed by atoms with Gasteiger partial charge in [-0.3, -0.25) is 0 Å². The molecule has 1 atom stereocenters. The summed E-state index contributed by atoms with van der Waals surface area (Å²) >= 11 is 0. The quantitative estimate of drug-likeness (QED) is 0.918. The Labute approximate surface area is 127 Å². The van der Waals surface area contributed by atoms with Crippen molar-refractivity contribution in [2.24, 2.45) is 5.73 Å². The number of hydrogen-bond acceptors (Lipinski definition) is 5. The van der Waals surface area contributed by atoms with Crippen LogP contribution in [0.2, 0.25) is 0 Å². The van der Waals surface area contributed by atoms with Crippen LogP contribution >= 0.6 is 0 Å². The van der Waals surface area contributed by atoms with Gasteiger partial charge in [-0.1, -0.05) is 30.3 Å². The molecule has 3 rings (SSSR count). The number of allylic oxidation sites excluding steroid dienone is 1. The zero-order chi connectivity index (χ0) is 15.7. The second kappa shape index (κ2) is 5.41. The number of benzene rings is 1. The molecule has 0 saturated heterocycles. The molecule has 0 spiro atoms. The first-order valence-electron chi connectivity index (χ1n) is 6.86. The average Bonchev–Trinajstić information content (AvgIpc) is 2.47. The van der Waals surface area contributed by atoms with Gasteiger partial charge in [0.2, 0.25) is 5.88 Å². The van der Waals surface area contributed by atoms with Gasteiger partial charge < -0.3 is 14.9 Å². The lowest BCUT2D eigenvalue weighted by Crippen LogP contribution is -2.26. The zero-order valence-corrected chi connectivity index (χ0v) is 12.0. The maximum absolute atomic E-state index is 12.2. The smallest absolute Gasteiger partial charge is 0.343 e. The van der Waals surface area contributed by atoms with Crippen LogP contribution in [0.5, 0.6) is 5.75 Å². The standard InChI is InChI=1S/C17H14N2O3/c1-10-7-14-15(17(20)21-10)12(13(9-18)16(19)22-14)8-11-5-3-2-4-6-11/h2-7,12H,8,19H2,1H3/t12-/m1/s1. The molecular formula is C17H14N2O3. The molecule has 0 saturated carbocycles. The van der Waals surface area contributed by atoms with Crippen molar-refractivity contribution >= 4 is 0 Å². The molecule has 1 aromatic carbocycles. The lowest BCUT2D eigenvalue weighted by Gasteiger charge is -2.24. The molecule has 1 aliphatic heterocycles. The van der Waals surface area contributed by atoms with E-state index < -0.39 is 11.5 Å². The highest BCUT2D eigenvalue weighted by atomic mass is 16.5. The number of ether oxygens (including phenoxy) is 1. The fraction of sp³-hybridized carbons (Fsp3) is 0.176. The third kappa shape index (κ3) is 2.35. The van der Waals surface area contributed by atoms with E-state index in [0.29, 0.717) is 23.5 Å². The molecule has 2 heterocycles. The lowest BCUT2D eigenvalue weighted by atomic mass is 9.85. The summed E-state index contributed by atoms with van der Waals surface area (Å²) in [6, 6.07) is 13.3. The highest BCUT2D eigenvalue weighted by molar-refractivity contribution is 5.49. The Balaban J connectivity index is 2.14. The predicted octanol–water partition coefficient (Wildman–Crippen LogP) is 2.36. The van der Waals surface area contributed by atoms with Crippen LogP contribution < -0.4 is 16.1 Å². The van der Waals surface area contributed by atoms with E-state index >= 15 is 0 Å².